The van der Waals surface area contributed by atoms with Crippen LogP contribution >= 0.6 is 11.6 Å². The van der Waals surface area contributed by atoms with Gasteiger partial charge >= 0.3 is 0 Å². The molecule has 0 aromatic carbocycles. The first kappa shape index (κ1) is 6.93. The number of alkyl halides is 1. The van der Waals surface area contributed by atoms with Crippen molar-refractivity contribution in [3.05, 3.63) is 0 Å². The maximum atomic E-state index is 5.86. The number of hydrogen-bond donors (Lipinski definition) is 0. The van der Waals surface area contributed by atoms with Crippen LogP contribution in [0.3, 0.4) is 0 Å². The SMILES string of the molecule is ClCC1(C2CCCO2)CC1. The van der Waals surface area contributed by atoms with E-state index in [0.29, 0.717) is 11.5 Å². The van der Waals surface area contributed by atoms with E-state index in [1.807, 2.05) is 0 Å². The van der Waals surface area contributed by atoms with E-state index in [0.717, 1.165) is 12.5 Å². The maximum Gasteiger partial charge on any atom is 0.0643 e. The second-order valence-electron chi connectivity index (χ2n) is 3.50. The van der Waals surface area contributed by atoms with E-state index >= 15 is 0 Å². The highest BCUT2D eigenvalue weighted by molar-refractivity contribution is 6.18. The van der Waals surface area contributed by atoms with Gasteiger partial charge in [0.1, 0.15) is 0 Å². The van der Waals surface area contributed by atoms with Gasteiger partial charge < -0.3 is 4.74 Å². The maximum absolute atomic E-state index is 5.86. The molecule has 2 heteroatoms. The third kappa shape index (κ3) is 0.960. The third-order valence-electron chi connectivity index (χ3n) is 2.77. The molecule has 2 rings (SSSR count). The fraction of sp³-hybridized carbons (Fsp3) is 1.00. The monoisotopic (exact) mass is 160 g/mol. The molecule has 0 amide bonds. The zero-order valence-electron chi connectivity index (χ0n) is 6.11. The smallest absolute Gasteiger partial charge is 0.0643 e. The van der Waals surface area contributed by atoms with Crippen molar-refractivity contribution in [3.8, 4) is 0 Å². The minimum absolute atomic E-state index is 0.415. The second kappa shape index (κ2) is 2.38. The van der Waals surface area contributed by atoms with Gasteiger partial charge in [-0.25, -0.2) is 0 Å². The van der Waals surface area contributed by atoms with Gasteiger partial charge in [-0.1, -0.05) is 0 Å². The van der Waals surface area contributed by atoms with Gasteiger partial charge in [0, 0.05) is 17.9 Å². The van der Waals surface area contributed by atoms with Crippen molar-refractivity contribution in [2.24, 2.45) is 5.41 Å². The van der Waals surface area contributed by atoms with E-state index in [9.17, 15) is 0 Å². The normalized spacial score (nSPS) is 36.3. The lowest BCUT2D eigenvalue weighted by atomic mass is 9.99. The van der Waals surface area contributed by atoms with Gasteiger partial charge in [-0.15, -0.1) is 11.6 Å². The van der Waals surface area contributed by atoms with E-state index in [2.05, 4.69) is 0 Å². The second-order valence-corrected chi connectivity index (χ2v) is 3.76. The van der Waals surface area contributed by atoms with Crippen molar-refractivity contribution < 1.29 is 4.74 Å². The largest absolute Gasteiger partial charge is 0.378 e. The van der Waals surface area contributed by atoms with E-state index in [1.54, 1.807) is 0 Å². The Kier molecular flexibility index (Phi) is 1.65. The summed E-state index contributed by atoms with van der Waals surface area (Å²) in [5, 5.41) is 0. The highest BCUT2D eigenvalue weighted by Gasteiger charge is 2.50. The van der Waals surface area contributed by atoms with Crippen molar-refractivity contribution in [1.82, 2.24) is 0 Å². The number of halogens is 1. The van der Waals surface area contributed by atoms with Crippen LogP contribution in [0.1, 0.15) is 25.7 Å². The molecule has 10 heavy (non-hydrogen) atoms. The van der Waals surface area contributed by atoms with E-state index in [4.69, 9.17) is 16.3 Å². The van der Waals surface area contributed by atoms with Crippen LogP contribution in [0.5, 0.6) is 0 Å². The van der Waals surface area contributed by atoms with E-state index < -0.39 is 0 Å². The van der Waals surface area contributed by atoms with E-state index in [1.165, 1.54) is 25.7 Å². The molecule has 0 N–H and O–H groups in total. The molecule has 0 spiro atoms. The molecule has 2 fully saturated rings. The molecule has 1 aliphatic carbocycles. The Hall–Kier alpha value is 0.250. The van der Waals surface area contributed by atoms with Crippen LogP contribution in [0.15, 0.2) is 0 Å². The molecule has 0 aromatic rings. The lowest BCUT2D eigenvalue weighted by Gasteiger charge is -2.18. The fourth-order valence-corrected chi connectivity index (χ4v) is 2.20. The summed E-state index contributed by atoms with van der Waals surface area (Å²) in [5.74, 6) is 0.803. The van der Waals surface area contributed by atoms with Gasteiger partial charge in [0.15, 0.2) is 0 Å². The average Bonchev–Trinajstić information content (AvgIpc) is 2.58. The molecule has 2 aliphatic rings. The summed E-state index contributed by atoms with van der Waals surface area (Å²) in [6.45, 7) is 0.962. The Morgan fingerprint density at radius 2 is 2.30 bits per heavy atom. The zero-order valence-corrected chi connectivity index (χ0v) is 6.86. The summed E-state index contributed by atoms with van der Waals surface area (Å²) in [6, 6.07) is 0. The van der Waals surface area contributed by atoms with Crippen LogP contribution in [0.25, 0.3) is 0 Å². The van der Waals surface area contributed by atoms with Gasteiger partial charge in [-0.3, -0.25) is 0 Å². The van der Waals surface area contributed by atoms with Gasteiger partial charge in [-0.05, 0) is 25.7 Å². The third-order valence-corrected chi connectivity index (χ3v) is 3.30. The Labute approximate surface area is 66.7 Å². The van der Waals surface area contributed by atoms with Gasteiger partial charge in [0.25, 0.3) is 0 Å². The fourth-order valence-electron chi connectivity index (χ4n) is 1.76. The summed E-state index contributed by atoms with van der Waals surface area (Å²) in [6.07, 6.45) is 5.57. The molecule has 1 unspecified atom stereocenters. The minimum atomic E-state index is 0.415. The molecular weight excluding hydrogens is 148 g/mol. The average molecular weight is 161 g/mol. The summed E-state index contributed by atoms with van der Waals surface area (Å²) < 4.78 is 5.59. The molecule has 1 heterocycles. The molecule has 0 bridgehead atoms. The summed E-state index contributed by atoms with van der Waals surface area (Å²) in [4.78, 5) is 0. The van der Waals surface area contributed by atoms with Crippen LogP contribution in [0.4, 0.5) is 0 Å². The molecule has 0 aromatic heterocycles. The lowest BCUT2D eigenvalue weighted by Crippen LogP contribution is -2.22. The summed E-state index contributed by atoms with van der Waals surface area (Å²) in [7, 11) is 0. The molecule has 1 saturated carbocycles. The van der Waals surface area contributed by atoms with Gasteiger partial charge in [-0.2, -0.15) is 0 Å². The van der Waals surface area contributed by atoms with Crippen LogP contribution in [0.2, 0.25) is 0 Å². The standard InChI is InChI=1S/C8H13ClO/c9-6-8(3-4-8)7-2-1-5-10-7/h7H,1-6H2. The Balaban J connectivity index is 1.96. The molecule has 1 nitrogen and oxygen atoms in total. The predicted octanol–water partition coefficient (Wildman–Crippen LogP) is 2.18. The lowest BCUT2D eigenvalue weighted by molar-refractivity contribution is 0.0603. The van der Waals surface area contributed by atoms with Crippen molar-refractivity contribution in [2.45, 2.75) is 31.8 Å². The minimum Gasteiger partial charge on any atom is -0.378 e. The van der Waals surface area contributed by atoms with Crippen LogP contribution in [-0.4, -0.2) is 18.6 Å². The molecule has 1 saturated heterocycles. The van der Waals surface area contributed by atoms with Crippen LogP contribution in [0, 0.1) is 5.41 Å². The highest BCUT2D eigenvalue weighted by Crippen LogP contribution is 2.53. The van der Waals surface area contributed by atoms with Crippen LogP contribution in [-0.2, 0) is 4.74 Å². The van der Waals surface area contributed by atoms with Crippen LogP contribution < -0.4 is 0 Å². The quantitative estimate of drug-likeness (QED) is 0.563. The zero-order chi connectivity index (χ0) is 7.03. The number of ether oxygens (including phenoxy) is 1. The molecule has 58 valence electrons. The van der Waals surface area contributed by atoms with Gasteiger partial charge in [0.05, 0.1) is 6.10 Å². The molecular formula is C8H13ClO. The Bertz CT molecular complexity index is 125. The Morgan fingerprint density at radius 3 is 2.70 bits per heavy atom. The number of hydrogen-bond acceptors (Lipinski definition) is 1. The predicted molar refractivity (Wildman–Crippen MR) is 41.4 cm³/mol. The first-order valence-corrected chi connectivity index (χ1v) is 4.58. The first-order chi connectivity index (χ1) is 4.87. The van der Waals surface area contributed by atoms with Crippen molar-refractivity contribution in [1.29, 1.82) is 0 Å². The molecule has 1 atom stereocenters. The van der Waals surface area contributed by atoms with Crippen molar-refractivity contribution in [2.75, 3.05) is 12.5 Å². The van der Waals surface area contributed by atoms with Gasteiger partial charge in [0.2, 0.25) is 0 Å². The number of rotatable bonds is 2. The molecule has 0 radical (unpaired) electrons. The molecule has 1 aliphatic heterocycles. The Morgan fingerprint density at radius 1 is 1.50 bits per heavy atom. The highest BCUT2D eigenvalue weighted by atomic mass is 35.5. The van der Waals surface area contributed by atoms with Crippen molar-refractivity contribution in [3.63, 3.8) is 0 Å². The topological polar surface area (TPSA) is 9.23 Å². The van der Waals surface area contributed by atoms with Crippen molar-refractivity contribution >= 4 is 11.6 Å². The van der Waals surface area contributed by atoms with E-state index in [-0.39, 0.29) is 0 Å². The summed E-state index contributed by atoms with van der Waals surface area (Å²) in [5.41, 5.74) is 0.415. The summed E-state index contributed by atoms with van der Waals surface area (Å²) >= 11 is 5.86. The first-order valence-electron chi connectivity index (χ1n) is 4.05.